The van der Waals surface area contributed by atoms with E-state index < -0.39 is 9.84 Å². The van der Waals surface area contributed by atoms with E-state index in [1.807, 2.05) is 7.05 Å². The van der Waals surface area contributed by atoms with E-state index in [0.717, 1.165) is 19.4 Å². The van der Waals surface area contributed by atoms with Gasteiger partial charge in [0, 0.05) is 26.1 Å². The number of hydrogen-bond donors (Lipinski definition) is 1. The van der Waals surface area contributed by atoms with Crippen LogP contribution in [0.4, 0.5) is 0 Å². The fraction of sp³-hybridized carbons (Fsp3) is 0.786. The molecule has 1 N–H and O–H groups in total. The Hall–Kier alpha value is -1.13. The lowest BCUT2D eigenvalue weighted by molar-refractivity contribution is -0.119. The smallest absolute Gasteiger partial charge is 0.230 e. The first-order valence-corrected chi connectivity index (χ1v) is 10.9. The molecule has 3 rings (SSSR count). The third-order valence-corrected chi connectivity index (χ3v) is 7.14. The third kappa shape index (κ3) is 4.28. The summed E-state index contributed by atoms with van der Waals surface area (Å²) < 4.78 is 30.5. The Labute approximate surface area is 145 Å². The van der Waals surface area contributed by atoms with Crippen LogP contribution >= 0.6 is 11.8 Å². The van der Waals surface area contributed by atoms with Crippen molar-refractivity contribution in [3.63, 3.8) is 0 Å². The number of rotatable bonds is 6. The first kappa shape index (κ1) is 17.7. The van der Waals surface area contributed by atoms with Crippen LogP contribution in [0, 0.1) is 0 Å². The molecular formula is C14H22N4O4S2. The summed E-state index contributed by atoms with van der Waals surface area (Å²) in [6.45, 7) is 1.32. The van der Waals surface area contributed by atoms with Gasteiger partial charge in [-0.25, -0.2) is 8.42 Å². The molecule has 0 unspecified atom stereocenters. The van der Waals surface area contributed by atoms with Crippen LogP contribution < -0.4 is 5.32 Å². The summed E-state index contributed by atoms with van der Waals surface area (Å²) in [4.78, 5) is 11.9. The first-order valence-electron chi connectivity index (χ1n) is 8.05. The predicted molar refractivity (Wildman–Crippen MR) is 89.7 cm³/mol. The highest BCUT2D eigenvalue weighted by Gasteiger charge is 2.32. The van der Waals surface area contributed by atoms with E-state index in [1.54, 1.807) is 4.57 Å². The standard InChI is InChI=1S/C14H22N4O4S2/c1-18-13(10-4-6-24(20,21)9-10)16-17-14(18)23-8-12(19)15-7-11-3-2-5-22-11/h10-11H,2-9H2,1H3,(H,15,19)/t10-,11+/m1/s1. The van der Waals surface area contributed by atoms with E-state index in [1.165, 1.54) is 11.8 Å². The van der Waals surface area contributed by atoms with Crippen molar-refractivity contribution in [3.8, 4) is 0 Å². The topological polar surface area (TPSA) is 103 Å². The van der Waals surface area contributed by atoms with Gasteiger partial charge in [0.05, 0.1) is 23.4 Å². The summed E-state index contributed by atoms with van der Waals surface area (Å²) in [5.74, 6) is 1.10. The van der Waals surface area contributed by atoms with E-state index >= 15 is 0 Å². The lowest BCUT2D eigenvalue weighted by Gasteiger charge is -2.10. The molecule has 134 valence electrons. The molecule has 10 heteroatoms. The minimum Gasteiger partial charge on any atom is -0.376 e. The molecule has 24 heavy (non-hydrogen) atoms. The van der Waals surface area contributed by atoms with Crippen molar-refractivity contribution in [3.05, 3.63) is 5.82 Å². The maximum atomic E-state index is 11.9. The Morgan fingerprint density at radius 2 is 2.25 bits per heavy atom. The van der Waals surface area contributed by atoms with Gasteiger partial charge in [-0.3, -0.25) is 4.79 Å². The van der Waals surface area contributed by atoms with Gasteiger partial charge in [-0.05, 0) is 19.3 Å². The molecule has 1 aromatic rings. The Morgan fingerprint density at radius 1 is 1.42 bits per heavy atom. The number of nitrogens with one attached hydrogen (secondary N) is 1. The Kier molecular flexibility index (Phi) is 5.46. The normalized spacial score (nSPS) is 25.9. The number of thioether (sulfide) groups is 1. The van der Waals surface area contributed by atoms with Gasteiger partial charge in [-0.1, -0.05) is 11.8 Å². The minimum absolute atomic E-state index is 0.0662. The van der Waals surface area contributed by atoms with Gasteiger partial charge in [-0.15, -0.1) is 10.2 Å². The quantitative estimate of drug-likeness (QED) is 0.705. The van der Waals surface area contributed by atoms with Crippen LogP contribution in [0.5, 0.6) is 0 Å². The fourth-order valence-corrected chi connectivity index (χ4v) is 5.51. The van der Waals surface area contributed by atoms with Crippen molar-refractivity contribution >= 4 is 27.5 Å². The summed E-state index contributed by atoms with van der Waals surface area (Å²) in [7, 11) is -1.14. The van der Waals surface area contributed by atoms with Crippen LogP contribution in [0.2, 0.25) is 0 Å². The van der Waals surface area contributed by atoms with Crippen LogP contribution in [0.15, 0.2) is 5.16 Å². The van der Waals surface area contributed by atoms with Gasteiger partial charge in [0.2, 0.25) is 5.91 Å². The summed E-state index contributed by atoms with van der Waals surface area (Å²) in [5, 5.41) is 11.7. The maximum absolute atomic E-state index is 11.9. The molecule has 0 spiro atoms. The molecule has 2 aliphatic heterocycles. The van der Waals surface area contributed by atoms with Gasteiger partial charge in [0.25, 0.3) is 0 Å². The molecule has 2 aliphatic rings. The van der Waals surface area contributed by atoms with Crippen molar-refractivity contribution < 1.29 is 17.9 Å². The van der Waals surface area contributed by atoms with Crippen LogP contribution in [-0.4, -0.2) is 65.6 Å². The van der Waals surface area contributed by atoms with Gasteiger partial charge in [0.15, 0.2) is 15.0 Å². The zero-order valence-electron chi connectivity index (χ0n) is 13.6. The lowest BCUT2D eigenvalue weighted by Crippen LogP contribution is -2.32. The number of amides is 1. The SMILES string of the molecule is Cn1c(SCC(=O)NC[C@@H]2CCCO2)nnc1[C@@H]1CCS(=O)(=O)C1. The van der Waals surface area contributed by atoms with Crippen molar-refractivity contribution in [2.75, 3.05) is 30.4 Å². The number of sulfone groups is 1. The molecule has 0 aromatic carbocycles. The molecule has 0 saturated carbocycles. The van der Waals surface area contributed by atoms with Crippen molar-refractivity contribution in [1.29, 1.82) is 0 Å². The summed E-state index contributed by atoms with van der Waals surface area (Å²) in [6, 6.07) is 0. The minimum atomic E-state index is -2.96. The van der Waals surface area contributed by atoms with E-state index in [9.17, 15) is 13.2 Å². The summed E-state index contributed by atoms with van der Waals surface area (Å²) >= 11 is 1.30. The maximum Gasteiger partial charge on any atom is 0.230 e. The molecule has 3 heterocycles. The zero-order chi connectivity index (χ0) is 17.2. The number of aromatic nitrogens is 3. The Morgan fingerprint density at radius 3 is 2.92 bits per heavy atom. The second kappa shape index (κ2) is 7.40. The number of carbonyl (C=O) groups is 1. The van der Waals surface area contributed by atoms with Crippen molar-refractivity contribution in [1.82, 2.24) is 20.1 Å². The second-order valence-electron chi connectivity index (χ2n) is 6.23. The molecule has 2 atom stereocenters. The largest absolute Gasteiger partial charge is 0.376 e. The summed E-state index contributed by atoms with van der Waals surface area (Å²) in [6.07, 6.45) is 2.75. The van der Waals surface area contributed by atoms with Crippen LogP contribution in [0.25, 0.3) is 0 Å². The molecule has 2 fully saturated rings. The molecule has 0 bridgehead atoms. The molecule has 0 radical (unpaired) electrons. The number of hydrogen-bond acceptors (Lipinski definition) is 7. The van der Waals surface area contributed by atoms with Crippen LogP contribution in [-0.2, 0) is 26.4 Å². The van der Waals surface area contributed by atoms with E-state index in [-0.39, 0.29) is 35.2 Å². The molecule has 2 saturated heterocycles. The van der Waals surface area contributed by atoms with Crippen LogP contribution in [0.3, 0.4) is 0 Å². The summed E-state index contributed by atoms with van der Waals surface area (Å²) in [5.41, 5.74) is 0. The number of carbonyl (C=O) groups excluding carboxylic acids is 1. The average molecular weight is 374 g/mol. The molecule has 1 aromatic heterocycles. The Bertz CT molecular complexity index is 698. The molecule has 8 nitrogen and oxygen atoms in total. The number of ether oxygens (including phenoxy) is 1. The second-order valence-corrected chi connectivity index (χ2v) is 9.40. The van der Waals surface area contributed by atoms with Gasteiger partial charge < -0.3 is 14.6 Å². The monoisotopic (exact) mass is 374 g/mol. The van der Waals surface area contributed by atoms with Crippen molar-refractivity contribution in [2.45, 2.75) is 36.4 Å². The number of nitrogens with zero attached hydrogens (tertiary/aromatic N) is 3. The van der Waals surface area contributed by atoms with Gasteiger partial charge in [-0.2, -0.15) is 0 Å². The molecule has 1 amide bonds. The third-order valence-electron chi connectivity index (χ3n) is 4.35. The van der Waals surface area contributed by atoms with E-state index in [4.69, 9.17) is 4.74 Å². The van der Waals surface area contributed by atoms with E-state index in [2.05, 4.69) is 15.5 Å². The van der Waals surface area contributed by atoms with Crippen molar-refractivity contribution in [2.24, 2.45) is 7.05 Å². The lowest BCUT2D eigenvalue weighted by atomic mass is 10.1. The van der Waals surface area contributed by atoms with Crippen LogP contribution in [0.1, 0.15) is 31.0 Å². The molecular weight excluding hydrogens is 352 g/mol. The van der Waals surface area contributed by atoms with E-state index in [0.29, 0.717) is 23.9 Å². The van der Waals surface area contributed by atoms with Gasteiger partial charge in [0.1, 0.15) is 5.82 Å². The highest BCUT2D eigenvalue weighted by molar-refractivity contribution is 7.99. The first-order chi connectivity index (χ1) is 11.4. The molecule has 0 aliphatic carbocycles. The highest BCUT2D eigenvalue weighted by Crippen LogP contribution is 2.29. The predicted octanol–water partition coefficient (Wildman–Crippen LogP) is 0.105. The highest BCUT2D eigenvalue weighted by atomic mass is 32.2. The zero-order valence-corrected chi connectivity index (χ0v) is 15.2. The van der Waals surface area contributed by atoms with Gasteiger partial charge >= 0.3 is 0 Å². The fourth-order valence-electron chi connectivity index (χ4n) is 3.02. The Balaban J connectivity index is 1.50. The average Bonchev–Trinajstić information content (AvgIpc) is 3.24.